The summed E-state index contributed by atoms with van der Waals surface area (Å²) in [6, 6.07) is 58.8. The number of nitrogens with zero attached hydrogens (tertiary/aromatic N) is 4. The van der Waals surface area contributed by atoms with Gasteiger partial charge in [0.15, 0.2) is 0 Å². The standard InChI is InChI=1S/C52H38N4/c1-53-45-11-7-5-9-37(45)41-27-51-43(29-49(41)53)39-23-21-35(25-47(39)55(51)3)33-17-13-31(14-18-33)32-15-19-34(20-16-32)36-22-24-40-44-30-50-42(28-52(44)56(4)48(40)26-36)38-10-6-8-12-46(38)54(50)2/h5-30H,1-4H3. The lowest BCUT2D eigenvalue weighted by Gasteiger charge is -2.08. The number of rotatable bonds is 3. The Labute approximate surface area is 323 Å². The van der Waals surface area contributed by atoms with Gasteiger partial charge < -0.3 is 18.3 Å². The smallest absolute Gasteiger partial charge is 0.0496 e. The molecule has 8 aromatic carbocycles. The van der Waals surface area contributed by atoms with Crippen molar-refractivity contribution in [1.82, 2.24) is 18.3 Å². The van der Waals surface area contributed by atoms with E-state index in [0.717, 1.165) is 0 Å². The maximum Gasteiger partial charge on any atom is 0.0496 e. The molecule has 0 aliphatic rings. The third-order valence-corrected chi connectivity index (χ3v) is 12.9. The van der Waals surface area contributed by atoms with Gasteiger partial charge in [-0.15, -0.1) is 0 Å². The molecule has 0 spiro atoms. The monoisotopic (exact) mass is 718 g/mol. The molecule has 4 heterocycles. The van der Waals surface area contributed by atoms with Gasteiger partial charge in [-0.25, -0.2) is 0 Å². The summed E-state index contributed by atoms with van der Waals surface area (Å²) in [5.74, 6) is 0. The van der Waals surface area contributed by atoms with Crippen molar-refractivity contribution in [2.45, 2.75) is 0 Å². The predicted octanol–water partition coefficient (Wildman–Crippen LogP) is 13.3. The Morgan fingerprint density at radius 1 is 0.214 bits per heavy atom. The molecule has 0 aliphatic heterocycles. The maximum atomic E-state index is 2.37. The van der Waals surface area contributed by atoms with E-state index in [-0.39, 0.29) is 0 Å². The highest BCUT2D eigenvalue weighted by Crippen LogP contribution is 2.40. The Morgan fingerprint density at radius 2 is 0.464 bits per heavy atom. The summed E-state index contributed by atoms with van der Waals surface area (Å²) in [7, 11) is 8.74. The molecule has 0 fully saturated rings. The molecule has 56 heavy (non-hydrogen) atoms. The minimum Gasteiger partial charge on any atom is -0.344 e. The van der Waals surface area contributed by atoms with Gasteiger partial charge in [0.05, 0.1) is 0 Å². The van der Waals surface area contributed by atoms with E-state index in [4.69, 9.17) is 0 Å². The van der Waals surface area contributed by atoms with Crippen molar-refractivity contribution in [2.24, 2.45) is 28.2 Å². The quantitative estimate of drug-likeness (QED) is 0.173. The van der Waals surface area contributed by atoms with Crippen LogP contribution in [0.4, 0.5) is 0 Å². The van der Waals surface area contributed by atoms with E-state index in [2.05, 4.69) is 204 Å². The molecule has 4 heteroatoms. The zero-order valence-electron chi connectivity index (χ0n) is 31.8. The molecule has 0 bridgehead atoms. The molecule has 0 saturated heterocycles. The van der Waals surface area contributed by atoms with Crippen molar-refractivity contribution in [3.8, 4) is 33.4 Å². The second-order valence-electron chi connectivity index (χ2n) is 15.7. The lowest BCUT2D eigenvalue weighted by Crippen LogP contribution is -1.88. The molecule has 266 valence electrons. The van der Waals surface area contributed by atoms with Gasteiger partial charge in [-0.05, 0) is 81.9 Å². The van der Waals surface area contributed by atoms with E-state index in [1.807, 2.05) is 0 Å². The van der Waals surface area contributed by atoms with Crippen LogP contribution in [-0.2, 0) is 28.2 Å². The molecule has 0 unspecified atom stereocenters. The van der Waals surface area contributed by atoms with Crippen molar-refractivity contribution in [3.05, 3.63) is 158 Å². The van der Waals surface area contributed by atoms with Crippen LogP contribution >= 0.6 is 0 Å². The Bertz CT molecular complexity index is 3360. The van der Waals surface area contributed by atoms with Crippen molar-refractivity contribution < 1.29 is 0 Å². The second kappa shape index (κ2) is 11.2. The highest BCUT2D eigenvalue weighted by atomic mass is 15.0. The first-order valence-electron chi connectivity index (χ1n) is 19.4. The molecule has 12 rings (SSSR count). The largest absolute Gasteiger partial charge is 0.344 e. The summed E-state index contributed by atoms with van der Waals surface area (Å²) in [5, 5.41) is 10.4. The van der Waals surface area contributed by atoms with Crippen molar-refractivity contribution in [2.75, 3.05) is 0 Å². The van der Waals surface area contributed by atoms with Crippen LogP contribution in [0.2, 0.25) is 0 Å². The minimum absolute atomic E-state index is 1.22. The van der Waals surface area contributed by atoms with Crippen LogP contribution in [0.15, 0.2) is 158 Å². The van der Waals surface area contributed by atoms with Crippen LogP contribution in [0.3, 0.4) is 0 Å². The average Bonchev–Trinajstić information content (AvgIpc) is 3.90. The third-order valence-electron chi connectivity index (χ3n) is 12.9. The minimum atomic E-state index is 1.22. The lowest BCUT2D eigenvalue weighted by atomic mass is 9.97. The van der Waals surface area contributed by atoms with Gasteiger partial charge in [-0.2, -0.15) is 0 Å². The molecule has 4 aromatic heterocycles. The number of aromatic nitrogens is 4. The van der Waals surface area contributed by atoms with Crippen LogP contribution in [0, 0.1) is 0 Å². The van der Waals surface area contributed by atoms with Gasteiger partial charge in [0.2, 0.25) is 0 Å². The molecule has 0 amide bonds. The summed E-state index contributed by atoms with van der Waals surface area (Å²) in [5.41, 5.74) is 17.4. The summed E-state index contributed by atoms with van der Waals surface area (Å²) in [6.07, 6.45) is 0. The first kappa shape index (κ1) is 31.3. The summed E-state index contributed by atoms with van der Waals surface area (Å²) >= 11 is 0. The summed E-state index contributed by atoms with van der Waals surface area (Å²) in [6.45, 7) is 0. The third kappa shape index (κ3) is 4.24. The number of hydrogen-bond donors (Lipinski definition) is 0. The van der Waals surface area contributed by atoms with E-state index >= 15 is 0 Å². The first-order chi connectivity index (χ1) is 27.4. The average molecular weight is 719 g/mol. The highest BCUT2D eigenvalue weighted by Gasteiger charge is 2.17. The van der Waals surface area contributed by atoms with Gasteiger partial charge in [-0.3, -0.25) is 0 Å². The van der Waals surface area contributed by atoms with Crippen LogP contribution in [0.25, 0.3) is 121 Å². The van der Waals surface area contributed by atoms with Gasteiger partial charge >= 0.3 is 0 Å². The molecule has 0 saturated carbocycles. The number of para-hydroxylation sites is 2. The molecule has 4 nitrogen and oxygen atoms in total. The second-order valence-corrected chi connectivity index (χ2v) is 15.7. The Hall–Kier alpha value is -7.04. The number of hydrogen-bond acceptors (Lipinski definition) is 0. The van der Waals surface area contributed by atoms with Gasteiger partial charge in [-0.1, -0.05) is 109 Å². The predicted molar refractivity (Wildman–Crippen MR) is 239 cm³/mol. The fourth-order valence-electron chi connectivity index (χ4n) is 9.78. The first-order valence-corrected chi connectivity index (χ1v) is 19.4. The molecular formula is C52H38N4. The Morgan fingerprint density at radius 3 is 0.821 bits per heavy atom. The van der Waals surface area contributed by atoms with E-state index in [1.54, 1.807) is 0 Å². The van der Waals surface area contributed by atoms with Gasteiger partial charge in [0.25, 0.3) is 0 Å². The lowest BCUT2D eigenvalue weighted by molar-refractivity contribution is 1.01. The van der Waals surface area contributed by atoms with Crippen LogP contribution in [0.1, 0.15) is 0 Å². The van der Waals surface area contributed by atoms with Crippen molar-refractivity contribution in [3.63, 3.8) is 0 Å². The van der Waals surface area contributed by atoms with Crippen LogP contribution < -0.4 is 0 Å². The molecular weight excluding hydrogens is 681 g/mol. The Balaban J connectivity index is 0.854. The molecule has 0 N–H and O–H groups in total. The van der Waals surface area contributed by atoms with E-state index in [0.29, 0.717) is 0 Å². The zero-order chi connectivity index (χ0) is 37.4. The highest BCUT2D eigenvalue weighted by molar-refractivity contribution is 6.19. The summed E-state index contributed by atoms with van der Waals surface area (Å²) < 4.78 is 9.35. The topological polar surface area (TPSA) is 19.7 Å². The van der Waals surface area contributed by atoms with Gasteiger partial charge in [0.1, 0.15) is 0 Å². The number of aryl methyl sites for hydroxylation is 4. The normalized spacial score (nSPS) is 12.3. The van der Waals surface area contributed by atoms with E-state index in [1.165, 1.54) is 121 Å². The van der Waals surface area contributed by atoms with Crippen molar-refractivity contribution >= 4 is 87.2 Å². The Kier molecular flexibility index (Phi) is 6.29. The van der Waals surface area contributed by atoms with Gasteiger partial charge in [0, 0.05) is 115 Å². The number of fused-ring (bicyclic) bond motifs is 12. The molecule has 0 atom stereocenters. The SMILES string of the molecule is Cn1c2ccccc2c2cc3c(cc21)c1ccc(-c2ccc(-c4ccc(-c5ccc6c7cc8c(cc7n(C)c6c5)c5ccccc5n8C)cc4)cc2)cc1n3C. The fourth-order valence-corrected chi connectivity index (χ4v) is 9.78. The number of benzene rings is 8. The summed E-state index contributed by atoms with van der Waals surface area (Å²) in [4.78, 5) is 0. The van der Waals surface area contributed by atoms with Crippen LogP contribution in [0.5, 0.6) is 0 Å². The fraction of sp³-hybridized carbons (Fsp3) is 0.0769. The van der Waals surface area contributed by atoms with Crippen molar-refractivity contribution in [1.29, 1.82) is 0 Å². The zero-order valence-corrected chi connectivity index (χ0v) is 31.8. The van der Waals surface area contributed by atoms with E-state index < -0.39 is 0 Å². The van der Waals surface area contributed by atoms with Crippen LogP contribution in [-0.4, -0.2) is 18.3 Å². The molecule has 0 aliphatic carbocycles. The molecule has 0 radical (unpaired) electrons. The molecule has 12 aromatic rings. The van der Waals surface area contributed by atoms with E-state index in [9.17, 15) is 0 Å². The maximum absolute atomic E-state index is 2.37.